The number of rotatable bonds is 3. The van der Waals surface area contributed by atoms with Crippen LogP contribution in [0.1, 0.15) is 29.2 Å². The zero-order valence-electron chi connectivity index (χ0n) is 9.99. The molecule has 1 aliphatic rings. The summed E-state index contributed by atoms with van der Waals surface area (Å²) in [6.45, 7) is 4.31. The number of thioether (sulfide) groups is 1. The highest BCUT2D eigenvalue weighted by Crippen LogP contribution is 2.34. The Balaban J connectivity index is 2.22. The Morgan fingerprint density at radius 1 is 1.38 bits per heavy atom. The van der Waals surface area contributed by atoms with Crippen molar-refractivity contribution >= 4 is 11.8 Å². The molecule has 0 aliphatic carbocycles. The van der Waals surface area contributed by atoms with Gasteiger partial charge in [-0.1, -0.05) is 18.2 Å². The van der Waals surface area contributed by atoms with Crippen molar-refractivity contribution in [1.29, 1.82) is 0 Å². The minimum Gasteiger partial charge on any atom is -0.271 e. The highest BCUT2D eigenvalue weighted by Gasteiger charge is 2.25. The Hall–Kier alpha value is -0.510. The van der Waals surface area contributed by atoms with Crippen molar-refractivity contribution in [2.75, 3.05) is 11.5 Å². The first kappa shape index (κ1) is 12.0. The summed E-state index contributed by atoms with van der Waals surface area (Å²) in [4.78, 5) is 0. The van der Waals surface area contributed by atoms with Gasteiger partial charge in [-0.15, -0.1) is 0 Å². The Morgan fingerprint density at radius 3 is 2.75 bits per heavy atom. The molecule has 1 aromatic rings. The van der Waals surface area contributed by atoms with Crippen LogP contribution < -0.4 is 11.3 Å². The van der Waals surface area contributed by atoms with Crippen molar-refractivity contribution in [3.05, 3.63) is 34.9 Å². The fraction of sp³-hybridized carbons (Fsp3) is 0.538. The molecule has 2 nitrogen and oxygen atoms in total. The number of hydrogen-bond acceptors (Lipinski definition) is 3. The van der Waals surface area contributed by atoms with E-state index in [-0.39, 0.29) is 0 Å². The van der Waals surface area contributed by atoms with E-state index in [1.165, 1.54) is 34.6 Å². The normalized spacial score (nSPS) is 22.3. The van der Waals surface area contributed by atoms with E-state index in [1.807, 2.05) is 11.8 Å². The molecule has 3 heteroatoms. The predicted octanol–water partition coefficient (Wildman–Crippen LogP) is 2.56. The molecule has 0 saturated carbocycles. The molecule has 1 heterocycles. The second-order valence-corrected chi connectivity index (χ2v) is 5.76. The highest BCUT2D eigenvalue weighted by molar-refractivity contribution is 7.99. The molecule has 1 fully saturated rings. The summed E-state index contributed by atoms with van der Waals surface area (Å²) >= 11 is 2.03. The van der Waals surface area contributed by atoms with Gasteiger partial charge in [-0.05, 0) is 54.4 Å². The first-order chi connectivity index (χ1) is 7.72. The zero-order chi connectivity index (χ0) is 11.5. The van der Waals surface area contributed by atoms with Crippen LogP contribution in [0.4, 0.5) is 0 Å². The number of nitrogens with two attached hydrogens (primary N) is 1. The molecule has 0 radical (unpaired) electrons. The zero-order valence-corrected chi connectivity index (χ0v) is 10.8. The van der Waals surface area contributed by atoms with Gasteiger partial charge >= 0.3 is 0 Å². The maximum atomic E-state index is 5.71. The van der Waals surface area contributed by atoms with E-state index in [2.05, 4.69) is 37.5 Å². The summed E-state index contributed by atoms with van der Waals surface area (Å²) < 4.78 is 0. The van der Waals surface area contributed by atoms with E-state index < -0.39 is 0 Å². The van der Waals surface area contributed by atoms with Crippen LogP contribution in [-0.4, -0.2) is 11.5 Å². The third-order valence-corrected chi connectivity index (χ3v) is 4.69. The summed E-state index contributed by atoms with van der Waals surface area (Å²) in [6, 6.07) is 6.98. The van der Waals surface area contributed by atoms with Gasteiger partial charge in [0.2, 0.25) is 0 Å². The van der Waals surface area contributed by atoms with Crippen LogP contribution in [0.5, 0.6) is 0 Å². The summed E-state index contributed by atoms with van der Waals surface area (Å²) in [7, 11) is 0. The average molecular weight is 236 g/mol. The van der Waals surface area contributed by atoms with Gasteiger partial charge in [0.1, 0.15) is 0 Å². The van der Waals surface area contributed by atoms with Gasteiger partial charge in [-0.25, -0.2) is 0 Å². The summed E-state index contributed by atoms with van der Waals surface area (Å²) in [5.74, 6) is 8.89. The van der Waals surface area contributed by atoms with Crippen molar-refractivity contribution in [3.63, 3.8) is 0 Å². The van der Waals surface area contributed by atoms with E-state index in [0.717, 1.165) is 0 Å². The molecular formula is C13H20N2S. The molecular weight excluding hydrogens is 216 g/mol. The molecule has 0 spiro atoms. The van der Waals surface area contributed by atoms with Crippen LogP contribution in [-0.2, 0) is 0 Å². The van der Waals surface area contributed by atoms with Crippen molar-refractivity contribution < 1.29 is 0 Å². The quantitative estimate of drug-likeness (QED) is 0.626. The summed E-state index contributed by atoms with van der Waals surface area (Å²) in [5, 5.41) is 0. The van der Waals surface area contributed by atoms with Crippen LogP contribution in [0, 0.1) is 19.8 Å². The molecule has 3 N–H and O–H groups in total. The maximum Gasteiger partial charge on any atom is 0.0496 e. The van der Waals surface area contributed by atoms with Crippen LogP contribution in [0.2, 0.25) is 0 Å². The summed E-state index contributed by atoms with van der Waals surface area (Å²) in [6.07, 6.45) is 1.27. The van der Waals surface area contributed by atoms with Crippen LogP contribution >= 0.6 is 11.8 Å². The third kappa shape index (κ3) is 2.42. The average Bonchev–Trinajstić information content (AvgIpc) is 2.78. The number of benzene rings is 1. The van der Waals surface area contributed by atoms with Gasteiger partial charge in [0.25, 0.3) is 0 Å². The largest absolute Gasteiger partial charge is 0.271 e. The van der Waals surface area contributed by atoms with Gasteiger partial charge in [-0.2, -0.15) is 11.8 Å². The molecule has 2 atom stereocenters. The molecule has 1 saturated heterocycles. The van der Waals surface area contributed by atoms with Gasteiger partial charge in [-0.3, -0.25) is 11.3 Å². The van der Waals surface area contributed by atoms with Crippen LogP contribution in [0.25, 0.3) is 0 Å². The smallest absolute Gasteiger partial charge is 0.0496 e. The maximum absolute atomic E-state index is 5.71. The molecule has 2 unspecified atom stereocenters. The molecule has 0 amide bonds. The van der Waals surface area contributed by atoms with Crippen LogP contribution in [0.15, 0.2) is 18.2 Å². The number of hydrogen-bond donors (Lipinski definition) is 2. The Morgan fingerprint density at radius 2 is 2.19 bits per heavy atom. The molecule has 0 bridgehead atoms. The number of hydrazine groups is 1. The lowest BCUT2D eigenvalue weighted by Gasteiger charge is -2.23. The first-order valence-corrected chi connectivity index (χ1v) is 6.99. The lowest BCUT2D eigenvalue weighted by Crippen LogP contribution is -2.33. The number of aryl methyl sites for hydroxylation is 2. The monoisotopic (exact) mass is 236 g/mol. The Bertz CT molecular complexity index is 359. The SMILES string of the molecule is Cc1ccc(C(NN)C2CCSC2)cc1C. The lowest BCUT2D eigenvalue weighted by molar-refractivity contribution is 0.400. The molecule has 1 aromatic carbocycles. The summed E-state index contributed by atoms with van der Waals surface area (Å²) in [5.41, 5.74) is 7.02. The Labute approximate surface area is 102 Å². The molecule has 1 aliphatic heterocycles. The standard InChI is InChI=1S/C13H20N2S/c1-9-3-4-11(7-10(9)2)13(15-14)12-5-6-16-8-12/h3-4,7,12-13,15H,5-6,8,14H2,1-2H3. The van der Waals surface area contributed by atoms with Crippen molar-refractivity contribution in [3.8, 4) is 0 Å². The highest BCUT2D eigenvalue weighted by atomic mass is 32.2. The van der Waals surface area contributed by atoms with Gasteiger partial charge < -0.3 is 0 Å². The van der Waals surface area contributed by atoms with Crippen molar-refractivity contribution in [1.82, 2.24) is 5.43 Å². The topological polar surface area (TPSA) is 38.0 Å². The van der Waals surface area contributed by atoms with E-state index in [9.17, 15) is 0 Å². The Kier molecular flexibility index (Phi) is 3.90. The second-order valence-electron chi connectivity index (χ2n) is 4.61. The first-order valence-electron chi connectivity index (χ1n) is 5.83. The molecule has 16 heavy (non-hydrogen) atoms. The van der Waals surface area contributed by atoms with Crippen molar-refractivity contribution in [2.24, 2.45) is 11.8 Å². The molecule has 88 valence electrons. The second kappa shape index (κ2) is 5.21. The third-order valence-electron chi connectivity index (χ3n) is 3.51. The van der Waals surface area contributed by atoms with Gasteiger partial charge in [0.05, 0.1) is 0 Å². The fourth-order valence-electron chi connectivity index (χ4n) is 2.28. The fourth-order valence-corrected chi connectivity index (χ4v) is 3.58. The van der Waals surface area contributed by atoms with Gasteiger partial charge in [0.15, 0.2) is 0 Å². The van der Waals surface area contributed by atoms with Gasteiger partial charge in [0, 0.05) is 6.04 Å². The van der Waals surface area contributed by atoms with Crippen molar-refractivity contribution in [2.45, 2.75) is 26.3 Å². The molecule has 0 aromatic heterocycles. The molecule has 2 rings (SSSR count). The van der Waals surface area contributed by atoms with Crippen LogP contribution in [0.3, 0.4) is 0 Å². The van der Waals surface area contributed by atoms with E-state index in [1.54, 1.807) is 0 Å². The lowest BCUT2D eigenvalue weighted by atomic mass is 9.91. The van der Waals surface area contributed by atoms with E-state index in [4.69, 9.17) is 5.84 Å². The predicted molar refractivity (Wildman–Crippen MR) is 71.4 cm³/mol. The number of nitrogens with one attached hydrogen (secondary N) is 1. The minimum atomic E-state index is 0.314. The van der Waals surface area contributed by atoms with E-state index in [0.29, 0.717) is 12.0 Å². The minimum absolute atomic E-state index is 0.314. The van der Waals surface area contributed by atoms with E-state index >= 15 is 0 Å².